The van der Waals surface area contributed by atoms with Gasteiger partial charge in [0.05, 0.1) is 11.2 Å². The molecular weight excluding hydrogens is 178 g/mol. The van der Waals surface area contributed by atoms with Crippen molar-refractivity contribution in [1.29, 1.82) is 0 Å². The van der Waals surface area contributed by atoms with E-state index in [2.05, 4.69) is 15.8 Å². The predicted octanol–water partition coefficient (Wildman–Crippen LogP) is 1.31. The van der Waals surface area contributed by atoms with E-state index in [1.807, 2.05) is 24.3 Å². The summed E-state index contributed by atoms with van der Waals surface area (Å²) >= 11 is 0. The Balaban J connectivity index is 2.48. The van der Waals surface area contributed by atoms with Gasteiger partial charge in [0.15, 0.2) is 0 Å². The third kappa shape index (κ3) is 1.50. The summed E-state index contributed by atoms with van der Waals surface area (Å²) in [4.78, 5) is 14.3. The lowest BCUT2D eigenvalue weighted by Crippen LogP contribution is -2.19. The van der Waals surface area contributed by atoms with Gasteiger partial charge in [0.2, 0.25) is 6.41 Å². The maximum absolute atomic E-state index is 10.1. The Labute approximate surface area is 80.9 Å². The third-order valence-corrected chi connectivity index (χ3v) is 1.91. The molecule has 0 aliphatic carbocycles. The number of para-hydroxylation sites is 1. The SMILES string of the molecule is O=CNNc1ccnc2ccccc12. The minimum absolute atomic E-state index is 0.592. The summed E-state index contributed by atoms with van der Waals surface area (Å²) in [5.74, 6) is 0. The number of nitrogens with zero attached hydrogens (tertiary/aromatic N) is 1. The van der Waals surface area contributed by atoms with Gasteiger partial charge in [0, 0.05) is 11.6 Å². The fourth-order valence-corrected chi connectivity index (χ4v) is 1.31. The van der Waals surface area contributed by atoms with Gasteiger partial charge >= 0.3 is 0 Å². The average Bonchev–Trinajstić information content (AvgIpc) is 2.26. The first-order valence-electron chi connectivity index (χ1n) is 4.21. The Morgan fingerprint density at radius 3 is 2.93 bits per heavy atom. The first-order valence-corrected chi connectivity index (χ1v) is 4.21. The molecule has 1 heterocycles. The Morgan fingerprint density at radius 1 is 1.21 bits per heavy atom. The molecule has 2 aromatic rings. The number of benzene rings is 1. The van der Waals surface area contributed by atoms with Crippen LogP contribution in [-0.4, -0.2) is 11.4 Å². The minimum Gasteiger partial charge on any atom is -0.298 e. The van der Waals surface area contributed by atoms with Crippen LogP contribution in [0.25, 0.3) is 10.9 Å². The molecule has 0 bridgehead atoms. The normalized spacial score (nSPS) is 9.71. The van der Waals surface area contributed by atoms with Gasteiger partial charge in [-0.3, -0.25) is 20.6 Å². The molecule has 4 heteroatoms. The second-order valence-electron chi connectivity index (χ2n) is 2.76. The van der Waals surface area contributed by atoms with Gasteiger partial charge < -0.3 is 0 Å². The molecule has 0 aliphatic heterocycles. The second-order valence-corrected chi connectivity index (χ2v) is 2.76. The van der Waals surface area contributed by atoms with Crippen molar-refractivity contribution in [2.45, 2.75) is 0 Å². The molecule has 2 N–H and O–H groups in total. The van der Waals surface area contributed by atoms with Crippen LogP contribution < -0.4 is 10.9 Å². The number of carbonyl (C=O) groups is 1. The summed E-state index contributed by atoms with van der Waals surface area (Å²) in [5, 5.41) is 0.976. The summed E-state index contributed by atoms with van der Waals surface area (Å²) in [7, 11) is 0. The van der Waals surface area contributed by atoms with E-state index >= 15 is 0 Å². The summed E-state index contributed by atoms with van der Waals surface area (Å²) < 4.78 is 0. The fourth-order valence-electron chi connectivity index (χ4n) is 1.31. The zero-order chi connectivity index (χ0) is 9.80. The first kappa shape index (κ1) is 8.50. The number of aromatic nitrogens is 1. The molecular formula is C10H9N3O. The Morgan fingerprint density at radius 2 is 2.07 bits per heavy atom. The van der Waals surface area contributed by atoms with Crippen LogP contribution in [0, 0.1) is 0 Å². The van der Waals surface area contributed by atoms with Gasteiger partial charge in [-0.25, -0.2) is 0 Å². The van der Waals surface area contributed by atoms with Crippen LogP contribution in [0.5, 0.6) is 0 Å². The van der Waals surface area contributed by atoms with E-state index in [1.165, 1.54) is 0 Å². The monoisotopic (exact) mass is 187 g/mol. The van der Waals surface area contributed by atoms with Gasteiger partial charge in [-0.2, -0.15) is 0 Å². The molecule has 1 aromatic heterocycles. The predicted molar refractivity (Wildman–Crippen MR) is 54.6 cm³/mol. The lowest BCUT2D eigenvalue weighted by molar-refractivity contribution is -0.109. The van der Waals surface area contributed by atoms with Crippen LogP contribution in [0.2, 0.25) is 0 Å². The smallest absolute Gasteiger partial charge is 0.225 e. The molecule has 2 rings (SSSR count). The summed E-state index contributed by atoms with van der Waals surface area (Å²) in [6.45, 7) is 0. The molecule has 70 valence electrons. The maximum atomic E-state index is 10.1. The van der Waals surface area contributed by atoms with Crippen LogP contribution in [0.15, 0.2) is 36.5 Å². The highest BCUT2D eigenvalue weighted by molar-refractivity contribution is 5.90. The number of hydrogen-bond donors (Lipinski definition) is 2. The van der Waals surface area contributed by atoms with Crippen molar-refractivity contribution in [3.63, 3.8) is 0 Å². The largest absolute Gasteiger partial charge is 0.298 e. The fraction of sp³-hybridized carbons (Fsp3) is 0. The van der Waals surface area contributed by atoms with E-state index in [-0.39, 0.29) is 0 Å². The van der Waals surface area contributed by atoms with E-state index in [1.54, 1.807) is 12.3 Å². The molecule has 0 atom stereocenters. The van der Waals surface area contributed by atoms with Crippen molar-refractivity contribution in [2.75, 3.05) is 5.43 Å². The summed E-state index contributed by atoms with van der Waals surface area (Å²) in [6.07, 6.45) is 2.28. The van der Waals surface area contributed by atoms with Crippen LogP contribution in [0.3, 0.4) is 0 Å². The van der Waals surface area contributed by atoms with Crippen LogP contribution >= 0.6 is 0 Å². The highest BCUT2D eigenvalue weighted by atomic mass is 16.1. The molecule has 0 fully saturated rings. The number of anilines is 1. The average molecular weight is 187 g/mol. The lowest BCUT2D eigenvalue weighted by atomic mass is 10.2. The van der Waals surface area contributed by atoms with Gasteiger partial charge in [-0.05, 0) is 12.1 Å². The zero-order valence-electron chi connectivity index (χ0n) is 7.40. The van der Waals surface area contributed by atoms with Gasteiger partial charge in [0.1, 0.15) is 0 Å². The molecule has 0 unspecified atom stereocenters. The van der Waals surface area contributed by atoms with Gasteiger partial charge in [-0.15, -0.1) is 0 Å². The number of pyridine rings is 1. The van der Waals surface area contributed by atoms with Crippen LogP contribution in [0.1, 0.15) is 0 Å². The number of amides is 1. The number of nitrogens with one attached hydrogen (secondary N) is 2. The van der Waals surface area contributed by atoms with Gasteiger partial charge in [-0.1, -0.05) is 18.2 Å². The highest BCUT2D eigenvalue weighted by Gasteiger charge is 1.98. The second kappa shape index (κ2) is 3.74. The Kier molecular flexibility index (Phi) is 2.27. The molecule has 0 spiro atoms. The maximum Gasteiger partial charge on any atom is 0.225 e. The molecule has 14 heavy (non-hydrogen) atoms. The van der Waals surface area contributed by atoms with E-state index in [0.717, 1.165) is 16.6 Å². The quantitative estimate of drug-likeness (QED) is 0.562. The van der Waals surface area contributed by atoms with Crippen molar-refractivity contribution in [3.8, 4) is 0 Å². The summed E-state index contributed by atoms with van der Waals surface area (Å²) in [6, 6.07) is 9.51. The molecule has 1 aromatic carbocycles. The van der Waals surface area contributed by atoms with Crippen molar-refractivity contribution in [2.24, 2.45) is 0 Å². The molecule has 0 radical (unpaired) electrons. The molecule has 4 nitrogen and oxygen atoms in total. The van der Waals surface area contributed by atoms with E-state index in [4.69, 9.17) is 0 Å². The zero-order valence-corrected chi connectivity index (χ0v) is 7.40. The number of hydrogen-bond acceptors (Lipinski definition) is 3. The van der Waals surface area contributed by atoms with E-state index in [0.29, 0.717) is 6.41 Å². The van der Waals surface area contributed by atoms with Crippen molar-refractivity contribution in [3.05, 3.63) is 36.5 Å². The number of carbonyl (C=O) groups excluding carboxylic acids is 1. The molecule has 0 saturated heterocycles. The van der Waals surface area contributed by atoms with Crippen molar-refractivity contribution >= 4 is 23.0 Å². The standard InChI is InChI=1S/C10H9N3O/c14-7-12-13-10-5-6-11-9-4-2-1-3-8(9)10/h1-7H,(H,11,13)(H,12,14). The number of fused-ring (bicyclic) bond motifs is 1. The van der Waals surface area contributed by atoms with Crippen LogP contribution in [-0.2, 0) is 4.79 Å². The van der Waals surface area contributed by atoms with Crippen molar-refractivity contribution < 1.29 is 4.79 Å². The van der Waals surface area contributed by atoms with Crippen molar-refractivity contribution in [1.82, 2.24) is 10.4 Å². The third-order valence-electron chi connectivity index (χ3n) is 1.91. The Hall–Kier alpha value is -2.10. The molecule has 0 saturated carbocycles. The highest BCUT2D eigenvalue weighted by Crippen LogP contribution is 2.19. The molecule has 0 aliphatic rings. The number of rotatable bonds is 3. The molecule has 1 amide bonds. The van der Waals surface area contributed by atoms with E-state index in [9.17, 15) is 4.79 Å². The number of hydrazine groups is 1. The topological polar surface area (TPSA) is 54.0 Å². The van der Waals surface area contributed by atoms with Crippen LogP contribution in [0.4, 0.5) is 5.69 Å². The first-order chi connectivity index (χ1) is 6.92. The Bertz CT molecular complexity index is 451. The lowest BCUT2D eigenvalue weighted by Gasteiger charge is -2.06. The van der Waals surface area contributed by atoms with E-state index < -0.39 is 0 Å². The summed E-state index contributed by atoms with van der Waals surface area (Å²) in [5.41, 5.74) is 6.91. The van der Waals surface area contributed by atoms with Gasteiger partial charge in [0.25, 0.3) is 0 Å². The minimum atomic E-state index is 0.592.